The molecule has 2 heterocycles. The Bertz CT molecular complexity index is 1390. The van der Waals surface area contributed by atoms with Gasteiger partial charge in [0.2, 0.25) is 0 Å². The summed E-state index contributed by atoms with van der Waals surface area (Å²) in [5.74, 6) is -0.389. The summed E-state index contributed by atoms with van der Waals surface area (Å²) in [7, 11) is 0. The number of nitriles is 1. The fourth-order valence-corrected chi connectivity index (χ4v) is 6.80. The van der Waals surface area contributed by atoms with E-state index < -0.39 is 18.5 Å². The van der Waals surface area contributed by atoms with Gasteiger partial charge < -0.3 is 10.1 Å². The first-order valence-corrected chi connectivity index (χ1v) is 13.5. The number of esters is 1. The van der Waals surface area contributed by atoms with Crippen LogP contribution >= 0.6 is 11.3 Å². The maximum atomic E-state index is 13.2. The fraction of sp³-hybridized carbons (Fsp3) is 0.448. The van der Waals surface area contributed by atoms with Crippen LogP contribution in [0.2, 0.25) is 0 Å². The summed E-state index contributed by atoms with van der Waals surface area (Å²) in [6, 6.07) is 9.87. The molecular weight excluding hydrogens is 470 g/mol. The predicted molar refractivity (Wildman–Crippen MR) is 141 cm³/mol. The summed E-state index contributed by atoms with van der Waals surface area (Å²) < 4.78 is 5.52. The van der Waals surface area contributed by atoms with Crippen LogP contribution in [-0.2, 0) is 35.2 Å². The highest BCUT2D eigenvalue weighted by Gasteiger charge is 2.32. The van der Waals surface area contributed by atoms with Crippen molar-refractivity contribution >= 4 is 39.1 Å². The molecule has 2 aliphatic rings. The van der Waals surface area contributed by atoms with Crippen LogP contribution in [0.1, 0.15) is 77.7 Å². The Morgan fingerprint density at radius 2 is 1.94 bits per heavy atom. The van der Waals surface area contributed by atoms with Crippen LogP contribution < -0.4 is 5.32 Å². The Labute approximate surface area is 215 Å². The molecule has 1 atom stereocenters. The molecule has 1 aromatic carbocycles. The van der Waals surface area contributed by atoms with Gasteiger partial charge in [0, 0.05) is 16.0 Å². The van der Waals surface area contributed by atoms with Crippen LogP contribution in [0, 0.1) is 22.7 Å². The number of pyridine rings is 1. The van der Waals surface area contributed by atoms with Crippen molar-refractivity contribution in [1.29, 1.82) is 5.26 Å². The maximum Gasteiger partial charge on any atom is 0.339 e. The lowest BCUT2D eigenvalue weighted by Gasteiger charge is -2.33. The van der Waals surface area contributed by atoms with E-state index in [2.05, 4.69) is 32.2 Å². The van der Waals surface area contributed by atoms with Gasteiger partial charge in [0.25, 0.3) is 5.91 Å². The number of anilines is 1. The van der Waals surface area contributed by atoms with Gasteiger partial charge in [-0.25, -0.2) is 4.79 Å². The van der Waals surface area contributed by atoms with Crippen molar-refractivity contribution in [3.63, 3.8) is 0 Å². The zero-order valence-corrected chi connectivity index (χ0v) is 21.9. The minimum absolute atomic E-state index is 0.197. The lowest BCUT2D eigenvalue weighted by molar-refractivity contribution is -0.119. The average Bonchev–Trinajstić information content (AvgIpc) is 3.21. The molecule has 2 aromatic heterocycles. The van der Waals surface area contributed by atoms with Crippen molar-refractivity contribution in [2.75, 3.05) is 11.9 Å². The number of aromatic nitrogens is 1. The van der Waals surface area contributed by atoms with Crippen molar-refractivity contribution < 1.29 is 14.3 Å². The molecule has 0 spiro atoms. The molecular formula is C29H31N3O3S. The van der Waals surface area contributed by atoms with Crippen molar-refractivity contribution in [2.24, 2.45) is 11.3 Å². The fourth-order valence-electron chi connectivity index (χ4n) is 5.50. The number of ether oxygens (including phenoxy) is 1. The number of hydrogen-bond donors (Lipinski definition) is 1. The maximum absolute atomic E-state index is 13.2. The SMILES string of the molecule is CC(C)(C)C1CCc2c(sc(NC(=O)COC(=O)c3c4c(nc5ccccc35)CCCC4)c2C#N)C1. The lowest BCUT2D eigenvalue weighted by Crippen LogP contribution is -2.26. The monoisotopic (exact) mass is 501 g/mol. The van der Waals surface area contributed by atoms with E-state index in [1.54, 1.807) is 0 Å². The molecule has 0 bridgehead atoms. The van der Waals surface area contributed by atoms with Crippen LogP contribution in [0.3, 0.4) is 0 Å². The highest BCUT2D eigenvalue weighted by Crippen LogP contribution is 2.44. The van der Waals surface area contributed by atoms with E-state index in [9.17, 15) is 14.9 Å². The van der Waals surface area contributed by atoms with E-state index >= 15 is 0 Å². The Morgan fingerprint density at radius 1 is 1.17 bits per heavy atom. The molecule has 1 amide bonds. The number of amides is 1. The third kappa shape index (κ3) is 4.62. The van der Waals surface area contributed by atoms with E-state index in [0.29, 0.717) is 22.0 Å². The second-order valence-corrected chi connectivity index (χ2v) is 12.0. The van der Waals surface area contributed by atoms with Gasteiger partial charge in [0.05, 0.1) is 16.6 Å². The van der Waals surface area contributed by atoms with Crippen LogP contribution in [0.25, 0.3) is 10.9 Å². The third-order valence-electron chi connectivity index (χ3n) is 7.56. The summed E-state index contributed by atoms with van der Waals surface area (Å²) in [5.41, 5.74) is 5.00. The average molecular weight is 502 g/mol. The number of hydrogen-bond acceptors (Lipinski definition) is 6. The van der Waals surface area contributed by atoms with Gasteiger partial charge in [-0.1, -0.05) is 39.0 Å². The van der Waals surface area contributed by atoms with Gasteiger partial charge in [0.1, 0.15) is 11.1 Å². The quantitative estimate of drug-likeness (QED) is 0.443. The Kier molecular flexibility index (Phi) is 6.57. The normalized spacial score (nSPS) is 17.1. The van der Waals surface area contributed by atoms with Gasteiger partial charge in [-0.05, 0) is 73.5 Å². The van der Waals surface area contributed by atoms with E-state index in [1.165, 1.54) is 16.2 Å². The number of nitrogens with zero attached hydrogens (tertiary/aromatic N) is 2. The number of nitrogens with one attached hydrogen (secondary N) is 1. The molecule has 36 heavy (non-hydrogen) atoms. The molecule has 6 nitrogen and oxygen atoms in total. The Hall–Kier alpha value is -3.24. The van der Waals surface area contributed by atoms with Crippen molar-refractivity contribution in [2.45, 2.75) is 65.7 Å². The summed E-state index contributed by atoms with van der Waals surface area (Å²) in [4.78, 5) is 32.0. The van der Waals surface area contributed by atoms with Gasteiger partial charge in [-0.3, -0.25) is 9.78 Å². The van der Waals surface area contributed by atoms with E-state index in [1.807, 2.05) is 24.3 Å². The summed E-state index contributed by atoms with van der Waals surface area (Å²) in [6.45, 7) is 6.35. The smallest absolute Gasteiger partial charge is 0.339 e. The number of thiophene rings is 1. The molecule has 0 aliphatic heterocycles. The highest BCUT2D eigenvalue weighted by molar-refractivity contribution is 7.16. The summed E-state index contributed by atoms with van der Waals surface area (Å²) >= 11 is 1.48. The zero-order chi connectivity index (χ0) is 25.4. The first-order chi connectivity index (χ1) is 17.3. The number of carbonyl (C=O) groups is 2. The number of fused-ring (bicyclic) bond motifs is 3. The Morgan fingerprint density at radius 3 is 2.72 bits per heavy atom. The van der Waals surface area contributed by atoms with Crippen LogP contribution in [-0.4, -0.2) is 23.5 Å². The number of carbonyl (C=O) groups excluding carboxylic acids is 2. The van der Waals surface area contributed by atoms with Gasteiger partial charge in [-0.2, -0.15) is 5.26 Å². The van der Waals surface area contributed by atoms with E-state index in [4.69, 9.17) is 9.72 Å². The van der Waals surface area contributed by atoms with Crippen molar-refractivity contribution in [1.82, 2.24) is 4.98 Å². The largest absolute Gasteiger partial charge is 0.452 e. The molecule has 3 aromatic rings. The molecule has 186 valence electrons. The molecule has 1 unspecified atom stereocenters. The molecule has 7 heteroatoms. The number of rotatable bonds is 4. The Balaban J connectivity index is 1.32. The van der Waals surface area contributed by atoms with Crippen molar-refractivity contribution in [3.8, 4) is 6.07 Å². The number of aryl methyl sites for hydroxylation is 1. The molecule has 0 saturated carbocycles. The first-order valence-electron chi connectivity index (χ1n) is 12.7. The van der Waals surface area contributed by atoms with Crippen LogP contribution in [0.5, 0.6) is 0 Å². The van der Waals surface area contributed by atoms with Crippen LogP contribution in [0.15, 0.2) is 24.3 Å². The van der Waals surface area contributed by atoms with Gasteiger partial charge in [0.15, 0.2) is 6.61 Å². The topological polar surface area (TPSA) is 92.1 Å². The summed E-state index contributed by atoms with van der Waals surface area (Å²) in [5, 5.41) is 14.0. The minimum Gasteiger partial charge on any atom is -0.452 e. The predicted octanol–water partition coefficient (Wildman–Crippen LogP) is 5.99. The standard InChI is InChI=1S/C29H31N3O3S/c1-29(2,3)17-12-13-18-21(15-30)27(36-24(18)14-17)32-25(33)16-35-28(34)26-19-8-4-6-10-22(19)31-23-11-7-5-9-20(23)26/h4,6,8,10,17H,5,7,9,11-14,16H2,1-3H3,(H,32,33). The molecule has 1 N–H and O–H groups in total. The van der Waals surface area contributed by atoms with E-state index in [0.717, 1.165) is 72.7 Å². The van der Waals surface area contributed by atoms with Gasteiger partial charge in [-0.15, -0.1) is 11.3 Å². The van der Waals surface area contributed by atoms with Gasteiger partial charge >= 0.3 is 5.97 Å². The molecule has 5 rings (SSSR count). The minimum atomic E-state index is -0.499. The lowest BCUT2D eigenvalue weighted by atomic mass is 9.72. The molecule has 0 saturated heterocycles. The second kappa shape index (κ2) is 9.67. The number of para-hydroxylation sites is 1. The molecule has 2 aliphatic carbocycles. The number of benzene rings is 1. The van der Waals surface area contributed by atoms with Crippen LogP contribution in [0.4, 0.5) is 5.00 Å². The first kappa shape index (κ1) is 24.5. The summed E-state index contributed by atoms with van der Waals surface area (Å²) in [6.07, 6.45) is 6.49. The van der Waals surface area contributed by atoms with Crippen molar-refractivity contribution in [3.05, 3.63) is 57.1 Å². The zero-order valence-electron chi connectivity index (χ0n) is 21.1. The highest BCUT2D eigenvalue weighted by atomic mass is 32.1. The second-order valence-electron chi connectivity index (χ2n) is 10.9. The molecule has 0 fully saturated rings. The molecule has 0 radical (unpaired) electrons. The third-order valence-corrected chi connectivity index (χ3v) is 8.73. The van der Waals surface area contributed by atoms with E-state index in [-0.39, 0.29) is 5.41 Å².